The van der Waals surface area contributed by atoms with Gasteiger partial charge < -0.3 is 10.3 Å². The van der Waals surface area contributed by atoms with E-state index >= 15 is 0 Å². The SMILES string of the molecule is Cc1ccc2c(c1)nc(Cn1cc(N)cn1)n2C. The molecule has 0 unspecified atom stereocenters. The topological polar surface area (TPSA) is 61.7 Å². The predicted molar refractivity (Wildman–Crippen MR) is 71.2 cm³/mol. The van der Waals surface area contributed by atoms with E-state index in [-0.39, 0.29) is 0 Å². The van der Waals surface area contributed by atoms with Crippen molar-refractivity contribution < 1.29 is 0 Å². The van der Waals surface area contributed by atoms with E-state index in [0.717, 1.165) is 16.9 Å². The van der Waals surface area contributed by atoms with Crippen LogP contribution in [0.5, 0.6) is 0 Å². The first-order chi connectivity index (χ1) is 8.63. The van der Waals surface area contributed by atoms with Gasteiger partial charge in [0.05, 0.1) is 29.5 Å². The average molecular weight is 241 g/mol. The van der Waals surface area contributed by atoms with Crippen molar-refractivity contribution in [3.63, 3.8) is 0 Å². The van der Waals surface area contributed by atoms with Crippen molar-refractivity contribution in [2.24, 2.45) is 7.05 Å². The van der Waals surface area contributed by atoms with Gasteiger partial charge >= 0.3 is 0 Å². The van der Waals surface area contributed by atoms with E-state index in [1.54, 1.807) is 10.9 Å². The molecular formula is C13H15N5. The molecule has 3 rings (SSSR count). The summed E-state index contributed by atoms with van der Waals surface area (Å²) in [6.45, 7) is 2.70. The van der Waals surface area contributed by atoms with Crippen LogP contribution in [0, 0.1) is 6.92 Å². The normalized spacial score (nSPS) is 11.2. The highest BCUT2D eigenvalue weighted by Gasteiger charge is 2.08. The fraction of sp³-hybridized carbons (Fsp3) is 0.231. The van der Waals surface area contributed by atoms with Crippen molar-refractivity contribution in [1.82, 2.24) is 19.3 Å². The highest BCUT2D eigenvalue weighted by atomic mass is 15.3. The first-order valence-corrected chi connectivity index (χ1v) is 5.83. The summed E-state index contributed by atoms with van der Waals surface area (Å²) in [7, 11) is 2.02. The van der Waals surface area contributed by atoms with Crippen LogP contribution >= 0.6 is 0 Å². The number of fused-ring (bicyclic) bond motifs is 1. The molecule has 2 heterocycles. The van der Waals surface area contributed by atoms with Gasteiger partial charge in [-0.2, -0.15) is 5.10 Å². The summed E-state index contributed by atoms with van der Waals surface area (Å²) in [4.78, 5) is 4.64. The fourth-order valence-corrected chi connectivity index (χ4v) is 2.11. The van der Waals surface area contributed by atoms with Crippen LogP contribution in [-0.2, 0) is 13.6 Å². The van der Waals surface area contributed by atoms with Gasteiger partial charge in [-0.1, -0.05) is 6.07 Å². The summed E-state index contributed by atoms with van der Waals surface area (Å²) < 4.78 is 3.88. The molecule has 2 aromatic heterocycles. The minimum absolute atomic E-state index is 0.626. The Morgan fingerprint density at radius 3 is 2.89 bits per heavy atom. The molecule has 5 heteroatoms. The van der Waals surface area contributed by atoms with E-state index in [2.05, 4.69) is 39.8 Å². The zero-order valence-electron chi connectivity index (χ0n) is 10.5. The number of aromatic nitrogens is 4. The maximum absolute atomic E-state index is 5.65. The van der Waals surface area contributed by atoms with Gasteiger partial charge in [0.15, 0.2) is 0 Å². The zero-order valence-corrected chi connectivity index (χ0v) is 10.5. The summed E-state index contributed by atoms with van der Waals surface area (Å²) in [6.07, 6.45) is 3.46. The van der Waals surface area contributed by atoms with E-state index in [0.29, 0.717) is 12.2 Å². The standard InChI is InChI=1S/C13H15N5/c1-9-3-4-12-11(5-9)16-13(17(12)2)8-18-7-10(14)6-15-18/h3-7H,8,14H2,1-2H3. The van der Waals surface area contributed by atoms with Crippen molar-refractivity contribution in [3.05, 3.63) is 42.0 Å². The second-order valence-corrected chi connectivity index (χ2v) is 4.55. The monoisotopic (exact) mass is 241 g/mol. The minimum atomic E-state index is 0.626. The maximum Gasteiger partial charge on any atom is 0.131 e. The summed E-state index contributed by atoms with van der Waals surface area (Å²) in [5.74, 6) is 0.971. The Hall–Kier alpha value is -2.30. The highest BCUT2D eigenvalue weighted by Crippen LogP contribution is 2.17. The van der Waals surface area contributed by atoms with Gasteiger partial charge in [-0.15, -0.1) is 0 Å². The van der Waals surface area contributed by atoms with Gasteiger partial charge in [0, 0.05) is 13.2 Å². The van der Waals surface area contributed by atoms with E-state index in [9.17, 15) is 0 Å². The van der Waals surface area contributed by atoms with Gasteiger partial charge in [0.25, 0.3) is 0 Å². The number of hydrogen-bond acceptors (Lipinski definition) is 3. The molecular weight excluding hydrogens is 226 g/mol. The predicted octanol–water partition coefficient (Wildman–Crippen LogP) is 1.71. The summed E-state index contributed by atoms with van der Waals surface area (Å²) in [6, 6.07) is 6.29. The van der Waals surface area contributed by atoms with E-state index in [1.165, 1.54) is 5.56 Å². The third-order valence-electron chi connectivity index (χ3n) is 3.09. The second-order valence-electron chi connectivity index (χ2n) is 4.55. The first-order valence-electron chi connectivity index (χ1n) is 5.83. The van der Waals surface area contributed by atoms with Crippen molar-refractivity contribution in [2.75, 3.05) is 5.73 Å². The van der Waals surface area contributed by atoms with Crippen LogP contribution < -0.4 is 5.73 Å². The number of anilines is 1. The van der Waals surface area contributed by atoms with Crippen LogP contribution in [0.25, 0.3) is 11.0 Å². The lowest BCUT2D eigenvalue weighted by atomic mass is 10.2. The average Bonchev–Trinajstić information content (AvgIpc) is 2.85. The van der Waals surface area contributed by atoms with E-state index < -0.39 is 0 Å². The molecule has 0 spiro atoms. The van der Waals surface area contributed by atoms with E-state index in [4.69, 9.17) is 5.73 Å². The Morgan fingerprint density at radius 2 is 2.17 bits per heavy atom. The molecule has 0 aliphatic rings. The van der Waals surface area contributed by atoms with Gasteiger partial charge in [-0.3, -0.25) is 4.68 Å². The van der Waals surface area contributed by atoms with Crippen molar-refractivity contribution in [2.45, 2.75) is 13.5 Å². The Bertz CT molecular complexity index is 707. The fourth-order valence-electron chi connectivity index (χ4n) is 2.11. The van der Waals surface area contributed by atoms with Gasteiger partial charge in [-0.25, -0.2) is 4.98 Å². The summed E-state index contributed by atoms with van der Waals surface area (Å²) >= 11 is 0. The second kappa shape index (κ2) is 3.87. The minimum Gasteiger partial charge on any atom is -0.396 e. The molecule has 92 valence electrons. The Morgan fingerprint density at radius 1 is 1.33 bits per heavy atom. The third-order valence-corrected chi connectivity index (χ3v) is 3.09. The molecule has 0 aliphatic carbocycles. The lowest BCUT2D eigenvalue weighted by molar-refractivity contribution is 0.636. The number of aryl methyl sites for hydroxylation is 2. The Kier molecular flexibility index (Phi) is 2.33. The number of rotatable bonds is 2. The summed E-state index contributed by atoms with van der Waals surface area (Å²) in [5.41, 5.74) is 9.70. The van der Waals surface area contributed by atoms with Crippen molar-refractivity contribution in [1.29, 1.82) is 0 Å². The number of imidazole rings is 1. The van der Waals surface area contributed by atoms with Gasteiger partial charge in [-0.05, 0) is 24.6 Å². The molecule has 0 aliphatic heterocycles. The molecule has 1 aromatic carbocycles. The highest BCUT2D eigenvalue weighted by molar-refractivity contribution is 5.76. The summed E-state index contributed by atoms with van der Waals surface area (Å²) in [5, 5.41) is 4.18. The molecule has 0 fully saturated rings. The Labute approximate surface area is 105 Å². The molecule has 0 amide bonds. The number of benzene rings is 1. The zero-order chi connectivity index (χ0) is 12.7. The lowest BCUT2D eigenvalue weighted by Gasteiger charge is -2.02. The first kappa shape index (κ1) is 10.8. The van der Waals surface area contributed by atoms with E-state index in [1.807, 2.05) is 13.2 Å². The molecule has 0 atom stereocenters. The van der Waals surface area contributed by atoms with Gasteiger partial charge in [0.1, 0.15) is 5.82 Å². The molecule has 0 saturated carbocycles. The molecule has 0 radical (unpaired) electrons. The van der Waals surface area contributed by atoms with Crippen LogP contribution in [0.4, 0.5) is 5.69 Å². The molecule has 5 nitrogen and oxygen atoms in total. The van der Waals surface area contributed by atoms with Crippen LogP contribution in [0.3, 0.4) is 0 Å². The Balaban J connectivity index is 2.04. The van der Waals surface area contributed by atoms with Crippen molar-refractivity contribution >= 4 is 16.7 Å². The molecule has 2 N–H and O–H groups in total. The quantitative estimate of drug-likeness (QED) is 0.743. The maximum atomic E-state index is 5.65. The van der Waals surface area contributed by atoms with Gasteiger partial charge in [0.2, 0.25) is 0 Å². The molecule has 0 bridgehead atoms. The molecule has 18 heavy (non-hydrogen) atoms. The van der Waals surface area contributed by atoms with Crippen molar-refractivity contribution in [3.8, 4) is 0 Å². The molecule has 0 saturated heterocycles. The lowest BCUT2D eigenvalue weighted by Crippen LogP contribution is -2.06. The number of nitrogens with zero attached hydrogens (tertiary/aromatic N) is 4. The molecule has 3 aromatic rings. The largest absolute Gasteiger partial charge is 0.396 e. The van der Waals surface area contributed by atoms with Crippen LogP contribution in [0.2, 0.25) is 0 Å². The smallest absolute Gasteiger partial charge is 0.131 e. The number of hydrogen-bond donors (Lipinski definition) is 1. The number of nitrogen functional groups attached to an aromatic ring is 1. The van der Waals surface area contributed by atoms with Crippen LogP contribution in [0.1, 0.15) is 11.4 Å². The van der Waals surface area contributed by atoms with Crippen LogP contribution in [0.15, 0.2) is 30.6 Å². The van der Waals surface area contributed by atoms with Crippen LogP contribution in [-0.4, -0.2) is 19.3 Å². The number of nitrogens with two attached hydrogens (primary N) is 1. The third kappa shape index (κ3) is 1.73.